The standard InChI is InChI=1S/C55H25F6N7/c56-54(57,58)40-11-14-45(46(25-40)55(59,60)61)53-51(67-47-7-3-1-5-41(47)43-12-9-36(23-49(43)67)38-17-31(26-62)15-32(18-38)27-63)21-35(30-66)22-52(53)68-48-8-4-2-6-42(48)44-13-10-37(24-50(44)68)39-19-33(28-64)16-34(20-39)29-65/h1-25H. The van der Waals surface area contributed by atoms with Crippen LogP contribution in [-0.4, -0.2) is 9.13 Å². The molecule has 0 bridgehead atoms. The van der Waals surface area contributed by atoms with Crippen LogP contribution in [0, 0.1) is 56.7 Å². The zero-order valence-corrected chi connectivity index (χ0v) is 34.8. The van der Waals surface area contributed by atoms with Crippen molar-refractivity contribution in [1.29, 1.82) is 26.3 Å². The van der Waals surface area contributed by atoms with E-state index in [9.17, 15) is 39.5 Å². The minimum Gasteiger partial charge on any atom is -0.308 e. The molecule has 0 saturated carbocycles. The summed E-state index contributed by atoms with van der Waals surface area (Å²) in [6.45, 7) is 0. The molecule has 2 aromatic heterocycles. The smallest absolute Gasteiger partial charge is 0.308 e. The number of fused-ring (bicyclic) bond motifs is 6. The number of alkyl halides is 6. The number of hydrogen-bond donors (Lipinski definition) is 0. The van der Waals surface area contributed by atoms with Gasteiger partial charge in [0.2, 0.25) is 0 Å². The molecule has 10 aromatic rings. The summed E-state index contributed by atoms with van der Waals surface area (Å²) in [4.78, 5) is 0. The summed E-state index contributed by atoms with van der Waals surface area (Å²) in [7, 11) is 0. The molecule has 0 aliphatic rings. The van der Waals surface area contributed by atoms with Crippen LogP contribution in [0.5, 0.6) is 0 Å². The Balaban J connectivity index is 1.40. The Labute approximate surface area is 382 Å². The first-order valence-electron chi connectivity index (χ1n) is 20.6. The zero-order valence-electron chi connectivity index (χ0n) is 34.8. The average molecular weight is 898 g/mol. The van der Waals surface area contributed by atoms with Gasteiger partial charge < -0.3 is 9.13 Å². The summed E-state index contributed by atoms with van der Waals surface area (Å²) in [5.41, 5.74) is 0.969. The van der Waals surface area contributed by atoms with E-state index in [1.54, 1.807) is 106 Å². The molecular weight excluding hydrogens is 873 g/mol. The third-order valence-corrected chi connectivity index (χ3v) is 12.0. The summed E-state index contributed by atoms with van der Waals surface area (Å²) in [6, 6.07) is 48.9. The van der Waals surface area contributed by atoms with Crippen molar-refractivity contribution in [1.82, 2.24) is 9.13 Å². The molecule has 0 amide bonds. The van der Waals surface area contributed by atoms with Gasteiger partial charge in [-0.1, -0.05) is 66.7 Å². The van der Waals surface area contributed by atoms with Gasteiger partial charge in [-0.2, -0.15) is 52.7 Å². The Morgan fingerprint density at radius 3 is 1.15 bits per heavy atom. The van der Waals surface area contributed by atoms with Crippen LogP contribution in [0.25, 0.3) is 88.4 Å². The van der Waals surface area contributed by atoms with Crippen LogP contribution in [-0.2, 0) is 12.4 Å². The van der Waals surface area contributed by atoms with Crippen LogP contribution < -0.4 is 0 Å². The van der Waals surface area contributed by atoms with Crippen molar-refractivity contribution >= 4 is 43.6 Å². The molecule has 0 unspecified atom stereocenters. The van der Waals surface area contributed by atoms with Crippen LogP contribution in [0.3, 0.4) is 0 Å². The van der Waals surface area contributed by atoms with E-state index in [-0.39, 0.29) is 50.8 Å². The Hall–Kier alpha value is -9.61. The van der Waals surface area contributed by atoms with E-state index in [1.807, 2.05) is 12.1 Å². The number of halogens is 6. The van der Waals surface area contributed by atoms with Crippen molar-refractivity contribution < 1.29 is 26.3 Å². The number of rotatable bonds is 5. The summed E-state index contributed by atoms with van der Waals surface area (Å²) in [6.07, 6.45) is -10.5. The summed E-state index contributed by atoms with van der Waals surface area (Å²) >= 11 is 0. The topological polar surface area (TPSA) is 129 Å². The maximum absolute atomic E-state index is 15.6. The summed E-state index contributed by atoms with van der Waals surface area (Å²) < 4.78 is 93.3. The van der Waals surface area contributed by atoms with Gasteiger partial charge in [0.25, 0.3) is 0 Å². The van der Waals surface area contributed by atoms with E-state index in [0.29, 0.717) is 71.9 Å². The van der Waals surface area contributed by atoms with Crippen LogP contribution in [0.1, 0.15) is 38.9 Å². The fourth-order valence-corrected chi connectivity index (χ4v) is 9.14. The van der Waals surface area contributed by atoms with Crippen molar-refractivity contribution in [2.45, 2.75) is 12.4 Å². The minimum atomic E-state index is -5.32. The van der Waals surface area contributed by atoms with Crippen molar-refractivity contribution in [3.8, 4) is 75.1 Å². The van der Waals surface area contributed by atoms with Gasteiger partial charge in [-0.3, -0.25) is 0 Å². The van der Waals surface area contributed by atoms with Crippen LogP contribution in [0.15, 0.2) is 152 Å². The van der Waals surface area contributed by atoms with E-state index >= 15 is 13.2 Å². The van der Waals surface area contributed by atoms with Gasteiger partial charge in [0.15, 0.2) is 0 Å². The second-order valence-corrected chi connectivity index (χ2v) is 16.0. The number of nitrogens with zero attached hydrogens (tertiary/aromatic N) is 7. The van der Waals surface area contributed by atoms with Crippen molar-refractivity contribution in [2.75, 3.05) is 0 Å². The maximum atomic E-state index is 15.6. The van der Waals surface area contributed by atoms with Gasteiger partial charge in [0.05, 0.1) is 103 Å². The largest absolute Gasteiger partial charge is 0.417 e. The minimum absolute atomic E-state index is 0.00385. The fraction of sp³-hybridized carbons (Fsp3) is 0.0364. The molecule has 0 aliphatic heterocycles. The quantitative estimate of drug-likeness (QED) is 0.159. The SMILES string of the molecule is N#Cc1cc(C#N)cc(-c2ccc3c4ccccc4n(-c4cc(C#N)cc(-n5c6ccccc6c6ccc(-c7cc(C#N)cc(C#N)c7)cc65)c4-c4ccc(C(F)(F)F)cc4C(F)(F)F)c3c2)c1. The Kier molecular flexibility index (Phi) is 9.85. The predicted octanol–water partition coefficient (Wildman–Crippen LogP) is 14.3. The molecule has 0 aliphatic carbocycles. The number of para-hydroxylation sites is 2. The van der Waals surface area contributed by atoms with Gasteiger partial charge in [-0.25, -0.2) is 0 Å². The van der Waals surface area contributed by atoms with E-state index in [2.05, 4.69) is 30.3 Å². The van der Waals surface area contributed by atoms with E-state index in [0.717, 1.165) is 6.07 Å². The normalized spacial score (nSPS) is 11.6. The lowest BCUT2D eigenvalue weighted by Crippen LogP contribution is -2.14. The monoisotopic (exact) mass is 897 g/mol. The highest BCUT2D eigenvalue weighted by atomic mass is 19.4. The molecule has 8 aromatic carbocycles. The molecule has 10 rings (SSSR count). The number of hydrogen-bond acceptors (Lipinski definition) is 5. The van der Waals surface area contributed by atoms with E-state index in [1.165, 1.54) is 24.3 Å². The number of benzene rings is 8. The molecular formula is C55H25F6N7. The predicted molar refractivity (Wildman–Crippen MR) is 245 cm³/mol. The van der Waals surface area contributed by atoms with Gasteiger partial charge in [0.1, 0.15) is 0 Å². The molecule has 0 spiro atoms. The van der Waals surface area contributed by atoms with Gasteiger partial charge in [0, 0.05) is 27.1 Å². The third kappa shape index (κ3) is 6.98. The van der Waals surface area contributed by atoms with Crippen molar-refractivity contribution in [2.24, 2.45) is 0 Å². The van der Waals surface area contributed by atoms with E-state index < -0.39 is 29.0 Å². The molecule has 322 valence electrons. The zero-order chi connectivity index (χ0) is 47.6. The average Bonchev–Trinajstić information content (AvgIpc) is 3.86. The number of aromatic nitrogens is 2. The lowest BCUT2D eigenvalue weighted by atomic mass is 9.92. The summed E-state index contributed by atoms with van der Waals surface area (Å²) in [5, 5.41) is 52.7. The molecule has 0 radical (unpaired) electrons. The van der Waals surface area contributed by atoms with Crippen LogP contribution >= 0.6 is 0 Å². The molecule has 2 heterocycles. The van der Waals surface area contributed by atoms with Gasteiger partial charge in [-0.05, 0) is 113 Å². The second kappa shape index (κ2) is 15.8. The van der Waals surface area contributed by atoms with E-state index in [4.69, 9.17) is 0 Å². The highest BCUT2D eigenvalue weighted by molar-refractivity contribution is 6.13. The lowest BCUT2D eigenvalue weighted by molar-refractivity contribution is -0.142. The van der Waals surface area contributed by atoms with Gasteiger partial charge in [-0.15, -0.1) is 0 Å². The molecule has 0 atom stereocenters. The molecule has 0 N–H and O–H groups in total. The third-order valence-electron chi connectivity index (χ3n) is 12.0. The van der Waals surface area contributed by atoms with Crippen LogP contribution in [0.2, 0.25) is 0 Å². The first-order chi connectivity index (χ1) is 32.7. The van der Waals surface area contributed by atoms with Crippen molar-refractivity contribution in [3.05, 3.63) is 191 Å². The number of nitriles is 5. The Morgan fingerprint density at radius 1 is 0.353 bits per heavy atom. The van der Waals surface area contributed by atoms with Crippen LogP contribution in [0.4, 0.5) is 26.3 Å². The first-order valence-corrected chi connectivity index (χ1v) is 20.6. The summed E-state index contributed by atoms with van der Waals surface area (Å²) in [5.74, 6) is 0. The molecule has 7 nitrogen and oxygen atoms in total. The Morgan fingerprint density at radius 2 is 0.750 bits per heavy atom. The van der Waals surface area contributed by atoms with Crippen molar-refractivity contribution in [3.63, 3.8) is 0 Å². The highest BCUT2D eigenvalue weighted by Crippen LogP contribution is 2.48. The van der Waals surface area contributed by atoms with Gasteiger partial charge >= 0.3 is 12.4 Å². The second-order valence-electron chi connectivity index (χ2n) is 16.0. The fourth-order valence-electron chi connectivity index (χ4n) is 9.14. The molecule has 68 heavy (non-hydrogen) atoms. The molecule has 0 fully saturated rings. The maximum Gasteiger partial charge on any atom is 0.417 e. The highest BCUT2D eigenvalue weighted by Gasteiger charge is 2.40. The molecule has 0 saturated heterocycles. The lowest BCUT2D eigenvalue weighted by Gasteiger charge is -2.24. The molecule has 13 heteroatoms. The first kappa shape index (κ1) is 42.3. The Bertz CT molecular complexity index is 3750.